The van der Waals surface area contributed by atoms with Crippen molar-refractivity contribution in [1.29, 1.82) is 0 Å². The molecule has 0 atom stereocenters. The molecule has 1 fully saturated rings. The fourth-order valence-electron chi connectivity index (χ4n) is 3.15. The molecule has 128 valence electrons. The maximum atomic E-state index is 12.2. The molecule has 1 aromatic carbocycles. The molecule has 1 aromatic heterocycles. The zero-order valence-corrected chi connectivity index (χ0v) is 15.6. The summed E-state index contributed by atoms with van der Waals surface area (Å²) < 4.78 is 2.75. The van der Waals surface area contributed by atoms with E-state index in [9.17, 15) is 4.79 Å². The van der Waals surface area contributed by atoms with Gasteiger partial charge in [0.1, 0.15) is 5.82 Å². The number of aromatic nitrogens is 3. The fraction of sp³-hybridized carbons (Fsp3) is 0.471. The van der Waals surface area contributed by atoms with Crippen molar-refractivity contribution in [2.24, 2.45) is 7.05 Å². The molecule has 1 aliphatic carbocycles. The zero-order valence-electron chi connectivity index (χ0n) is 14.0. The molecule has 2 N–H and O–H groups in total. The predicted molar refractivity (Wildman–Crippen MR) is 97.1 cm³/mol. The monoisotopic (exact) mass is 391 g/mol. The summed E-state index contributed by atoms with van der Waals surface area (Å²) in [6.07, 6.45) is 4.16. The van der Waals surface area contributed by atoms with Gasteiger partial charge in [-0.25, -0.2) is 4.79 Å². The number of rotatable bonds is 5. The summed E-state index contributed by atoms with van der Waals surface area (Å²) in [5, 5.41) is 9.90. The Morgan fingerprint density at radius 1 is 1.33 bits per heavy atom. The van der Waals surface area contributed by atoms with Crippen molar-refractivity contribution in [2.75, 3.05) is 11.9 Å². The molecule has 1 aliphatic rings. The van der Waals surface area contributed by atoms with Crippen molar-refractivity contribution in [3.63, 3.8) is 0 Å². The Morgan fingerprint density at radius 2 is 2.04 bits per heavy atom. The molecule has 2 aromatic rings. The van der Waals surface area contributed by atoms with Gasteiger partial charge in [-0.3, -0.25) is 10.00 Å². The van der Waals surface area contributed by atoms with Crippen LogP contribution in [0.15, 0.2) is 28.7 Å². The van der Waals surface area contributed by atoms with Gasteiger partial charge in [-0.05, 0) is 30.5 Å². The number of benzene rings is 1. The van der Waals surface area contributed by atoms with Gasteiger partial charge in [0.25, 0.3) is 0 Å². The minimum Gasteiger partial charge on any atom is -0.337 e. The van der Waals surface area contributed by atoms with E-state index in [2.05, 4.69) is 60.9 Å². The van der Waals surface area contributed by atoms with Crippen LogP contribution >= 0.6 is 15.9 Å². The van der Waals surface area contributed by atoms with Crippen LogP contribution in [0.1, 0.15) is 37.6 Å². The van der Waals surface area contributed by atoms with Crippen LogP contribution in [-0.2, 0) is 18.9 Å². The van der Waals surface area contributed by atoms with Crippen LogP contribution in [0.3, 0.4) is 0 Å². The first-order valence-corrected chi connectivity index (χ1v) is 9.02. The minimum atomic E-state index is -0.258. The van der Waals surface area contributed by atoms with Crippen LogP contribution < -0.4 is 10.6 Å². The van der Waals surface area contributed by atoms with Crippen molar-refractivity contribution in [3.05, 3.63) is 40.1 Å². The molecule has 0 aliphatic heterocycles. The van der Waals surface area contributed by atoms with Gasteiger partial charge in [0.2, 0.25) is 5.95 Å². The first kappa shape index (κ1) is 17.0. The largest absolute Gasteiger partial charge is 0.337 e. The highest BCUT2D eigenvalue weighted by Gasteiger charge is 2.38. The first-order chi connectivity index (χ1) is 11.5. The quantitative estimate of drug-likeness (QED) is 0.820. The van der Waals surface area contributed by atoms with Gasteiger partial charge in [0, 0.05) is 29.9 Å². The summed E-state index contributed by atoms with van der Waals surface area (Å²) in [4.78, 5) is 16.5. The van der Waals surface area contributed by atoms with Gasteiger partial charge in [-0.15, -0.1) is 5.10 Å². The maximum absolute atomic E-state index is 12.2. The SMILES string of the molecule is CCc1nc(NC(=O)NCC2(c3ccc(Br)cc3)CCC2)nn1C. The Labute approximate surface area is 150 Å². The van der Waals surface area contributed by atoms with E-state index in [0.717, 1.165) is 29.6 Å². The first-order valence-electron chi connectivity index (χ1n) is 8.23. The second kappa shape index (κ2) is 6.93. The van der Waals surface area contributed by atoms with Crippen LogP contribution in [0, 0.1) is 0 Å². The average molecular weight is 392 g/mol. The number of nitrogens with zero attached hydrogens (tertiary/aromatic N) is 3. The van der Waals surface area contributed by atoms with Crippen LogP contribution in [0.2, 0.25) is 0 Å². The van der Waals surface area contributed by atoms with E-state index in [4.69, 9.17) is 0 Å². The summed E-state index contributed by atoms with van der Waals surface area (Å²) in [5.74, 6) is 1.19. The number of amides is 2. The average Bonchev–Trinajstić information content (AvgIpc) is 2.87. The molecule has 0 spiro atoms. The molecular weight excluding hydrogens is 370 g/mol. The van der Waals surface area contributed by atoms with Gasteiger partial charge in [-0.2, -0.15) is 4.98 Å². The number of halogens is 1. The third-order valence-corrected chi connectivity index (χ3v) is 5.28. The van der Waals surface area contributed by atoms with Gasteiger partial charge < -0.3 is 5.32 Å². The van der Waals surface area contributed by atoms with Gasteiger partial charge >= 0.3 is 6.03 Å². The fourth-order valence-corrected chi connectivity index (χ4v) is 3.41. The van der Waals surface area contributed by atoms with Crippen molar-refractivity contribution in [1.82, 2.24) is 20.1 Å². The Kier molecular flexibility index (Phi) is 4.89. The smallest absolute Gasteiger partial charge is 0.321 e. The molecule has 0 unspecified atom stereocenters. The van der Waals surface area contributed by atoms with E-state index in [1.54, 1.807) is 4.68 Å². The summed E-state index contributed by atoms with van der Waals surface area (Å²) in [5.41, 5.74) is 1.32. The van der Waals surface area contributed by atoms with Crippen molar-refractivity contribution in [2.45, 2.75) is 38.0 Å². The lowest BCUT2D eigenvalue weighted by Gasteiger charge is -2.42. The molecule has 7 heteroatoms. The lowest BCUT2D eigenvalue weighted by atomic mass is 9.64. The third kappa shape index (κ3) is 3.45. The van der Waals surface area contributed by atoms with Crippen LogP contribution in [0.25, 0.3) is 0 Å². The van der Waals surface area contributed by atoms with E-state index in [-0.39, 0.29) is 11.4 Å². The molecule has 0 saturated heterocycles. The van der Waals surface area contributed by atoms with E-state index in [1.807, 2.05) is 14.0 Å². The highest BCUT2D eigenvalue weighted by molar-refractivity contribution is 9.10. The molecule has 1 saturated carbocycles. The molecule has 0 radical (unpaired) electrons. The van der Waals surface area contributed by atoms with Crippen LogP contribution in [0.5, 0.6) is 0 Å². The lowest BCUT2D eigenvalue weighted by molar-refractivity contribution is 0.222. The highest BCUT2D eigenvalue weighted by Crippen LogP contribution is 2.43. The number of carbonyl (C=O) groups excluding carboxylic acids is 1. The van der Waals surface area contributed by atoms with E-state index in [0.29, 0.717) is 12.5 Å². The van der Waals surface area contributed by atoms with Gasteiger partial charge in [0.15, 0.2) is 0 Å². The van der Waals surface area contributed by atoms with Gasteiger partial charge in [-0.1, -0.05) is 41.4 Å². The highest BCUT2D eigenvalue weighted by atomic mass is 79.9. The number of anilines is 1. The van der Waals surface area contributed by atoms with Crippen LogP contribution in [-0.4, -0.2) is 27.3 Å². The van der Waals surface area contributed by atoms with Gasteiger partial charge in [0.05, 0.1) is 0 Å². The number of nitrogens with one attached hydrogen (secondary N) is 2. The number of carbonyl (C=O) groups is 1. The number of aryl methyl sites for hydroxylation is 2. The molecule has 24 heavy (non-hydrogen) atoms. The second-order valence-electron chi connectivity index (χ2n) is 6.28. The zero-order chi connectivity index (χ0) is 17.2. The summed E-state index contributed by atoms with van der Waals surface area (Å²) >= 11 is 3.47. The van der Waals surface area contributed by atoms with Crippen molar-refractivity contribution in [3.8, 4) is 0 Å². The minimum absolute atomic E-state index is 0.0458. The number of hydrogen-bond donors (Lipinski definition) is 2. The van der Waals surface area contributed by atoms with E-state index in [1.165, 1.54) is 12.0 Å². The van der Waals surface area contributed by atoms with Crippen molar-refractivity contribution >= 4 is 27.9 Å². The maximum Gasteiger partial charge on any atom is 0.321 e. The predicted octanol–water partition coefficient (Wildman–Crippen LogP) is 3.38. The molecular formula is C17H22BrN5O. The molecule has 2 amide bonds. The number of urea groups is 1. The standard InChI is InChI=1S/C17H22BrN5O/c1-3-14-20-15(22-23(14)2)21-16(24)19-11-17(9-4-10-17)12-5-7-13(18)8-6-12/h5-8H,3-4,9-11H2,1-2H3,(H2,19,21,22,24). The third-order valence-electron chi connectivity index (χ3n) is 4.75. The molecule has 1 heterocycles. The molecule has 6 nitrogen and oxygen atoms in total. The topological polar surface area (TPSA) is 71.8 Å². The Morgan fingerprint density at radius 3 is 2.58 bits per heavy atom. The Hall–Kier alpha value is -1.89. The normalized spacial score (nSPS) is 15.6. The summed E-state index contributed by atoms with van der Waals surface area (Å²) in [7, 11) is 1.83. The summed E-state index contributed by atoms with van der Waals surface area (Å²) in [6.45, 7) is 2.63. The molecule has 3 rings (SSSR count). The second-order valence-corrected chi connectivity index (χ2v) is 7.19. The molecule has 0 bridgehead atoms. The Bertz CT molecular complexity index is 721. The van der Waals surface area contributed by atoms with E-state index < -0.39 is 0 Å². The van der Waals surface area contributed by atoms with Crippen LogP contribution in [0.4, 0.5) is 10.7 Å². The van der Waals surface area contributed by atoms with E-state index >= 15 is 0 Å². The number of hydrogen-bond acceptors (Lipinski definition) is 3. The lowest BCUT2D eigenvalue weighted by Crippen LogP contribution is -2.46. The Balaban J connectivity index is 1.61. The summed E-state index contributed by atoms with van der Waals surface area (Å²) in [6, 6.07) is 8.12. The van der Waals surface area contributed by atoms with Crippen molar-refractivity contribution < 1.29 is 4.79 Å².